The van der Waals surface area contributed by atoms with E-state index in [1.54, 1.807) is 5.56 Å². The first-order chi connectivity index (χ1) is 10.2. The Kier molecular flexibility index (Phi) is 4.66. The lowest BCUT2D eigenvalue weighted by atomic mass is 9.94. The lowest BCUT2D eigenvalue weighted by molar-refractivity contribution is 0.126. The fourth-order valence-electron chi connectivity index (χ4n) is 4.03. The van der Waals surface area contributed by atoms with Gasteiger partial charge < -0.3 is 5.32 Å². The number of nitrogens with zero attached hydrogens (tertiary/aromatic N) is 1. The smallest absolute Gasteiger partial charge is 0.0478 e. The number of hydrogen-bond acceptors (Lipinski definition) is 2. The van der Waals surface area contributed by atoms with Gasteiger partial charge in [0.25, 0.3) is 0 Å². The summed E-state index contributed by atoms with van der Waals surface area (Å²) in [4.78, 5) is 2.83. The minimum atomic E-state index is 0.489. The van der Waals surface area contributed by atoms with Crippen molar-refractivity contribution in [2.24, 2.45) is 5.92 Å². The second-order valence-electron chi connectivity index (χ2n) is 7.25. The quantitative estimate of drug-likeness (QED) is 0.829. The zero-order valence-corrected chi connectivity index (χ0v) is 13.8. The minimum Gasteiger partial charge on any atom is -0.312 e. The molecule has 116 valence electrons. The van der Waals surface area contributed by atoms with Crippen LogP contribution in [0.3, 0.4) is 0 Å². The average Bonchev–Trinajstić information content (AvgIpc) is 3.30. The molecule has 0 aliphatic heterocycles. The monoisotopic (exact) mass is 286 g/mol. The molecule has 1 aromatic rings. The summed E-state index contributed by atoms with van der Waals surface area (Å²) in [6.07, 6.45) is 6.69. The maximum atomic E-state index is 3.64. The van der Waals surface area contributed by atoms with Crippen molar-refractivity contribution in [1.29, 1.82) is 0 Å². The van der Waals surface area contributed by atoms with Crippen LogP contribution in [0.5, 0.6) is 0 Å². The fraction of sp³-hybridized carbons (Fsp3) is 0.684. The molecule has 0 amide bonds. The summed E-state index contributed by atoms with van der Waals surface area (Å²) in [6.45, 7) is 5.96. The van der Waals surface area contributed by atoms with Crippen molar-refractivity contribution < 1.29 is 0 Å². The largest absolute Gasteiger partial charge is 0.312 e. The summed E-state index contributed by atoms with van der Waals surface area (Å²) in [5.74, 6) is 0.751. The van der Waals surface area contributed by atoms with E-state index in [1.807, 2.05) is 0 Å². The van der Waals surface area contributed by atoms with Crippen molar-refractivity contribution in [1.82, 2.24) is 10.2 Å². The highest BCUT2D eigenvalue weighted by atomic mass is 15.2. The Balaban J connectivity index is 1.89. The van der Waals surface area contributed by atoms with Gasteiger partial charge in [-0.3, -0.25) is 4.90 Å². The molecule has 1 fully saturated rings. The zero-order valence-electron chi connectivity index (χ0n) is 13.8. The van der Waals surface area contributed by atoms with Crippen molar-refractivity contribution in [3.8, 4) is 0 Å². The summed E-state index contributed by atoms with van der Waals surface area (Å²) < 4.78 is 0. The molecule has 1 N–H and O–H groups in total. The standard InChI is InChI=1S/C19H30N2/c1-14(2)13-21(16-11-12-16)18-10-6-8-15-7-4-5-9-17(15)19(18)20-3/h4-5,7,9,14,16,18-20H,6,8,10-13H2,1-3H3. The van der Waals surface area contributed by atoms with E-state index in [4.69, 9.17) is 0 Å². The van der Waals surface area contributed by atoms with Gasteiger partial charge in [-0.25, -0.2) is 0 Å². The van der Waals surface area contributed by atoms with Crippen LogP contribution in [-0.4, -0.2) is 30.6 Å². The fourth-order valence-corrected chi connectivity index (χ4v) is 4.03. The Morgan fingerprint density at radius 1 is 1.19 bits per heavy atom. The number of fused-ring (bicyclic) bond motifs is 1. The molecule has 2 heteroatoms. The first-order valence-corrected chi connectivity index (χ1v) is 8.71. The zero-order chi connectivity index (χ0) is 14.8. The van der Waals surface area contributed by atoms with E-state index in [9.17, 15) is 0 Å². The molecule has 2 atom stereocenters. The number of rotatable bonds is 5. The van der Waals surface area contributed by atoms with Crippen LogP contribution < -0.4 is 5.32 Å². The summed E-state index contributed by atoms with van der Waals surface area (Å²) in [7, 11) is 2.14. The van der Waals surface area contributed by atoms with Gasteiger partial charge in [0, 0.05) is 24.7 Å². The molecule has 2 aliphatic rings. The van der Waals surface area contributed by atoms with Crippen LogP contribution in [0.25, 0.3) is 0 Å². The summed E-state index contributed by atoms with van der Waals surface area (Å²) in [5, 5.41) is 3.64. The maximum Gasteiger partial charge on any atom is 0.0478 e. The number of likely N-dealkylation sites (N-methyl/N-ethyl adjacent to an activating group) is 1. The van der Waals surface area contributed by atoms with Crippen LogP contribution in [-0.2, 0) is 6.42 Å². The predicted octanol–water partition coefficient (Wildman–Crippen LogP) is 3.77. The third kappa shape index (κ3) is 3.32. The van der Waals surface area contributed by atoms with Gasteiger partial charge in [0.05, 0.1) is 0 Å². The molecule has 3 rings (SSSR count). The third-order valence-electron chi connectivity index (χ3n) is 5.05. The van der Waals surface area contributed by atoms with Gasteiger partial charge in [0.15, 0.2) is 0 Å². The molecule has 2 aliphatic carbocycles. The Hall–Kier alpha value is -0.860. The Bertz CT molecular complexity index is 464. The van der Waals surface area contributed by atoms with E-state index in [0.29, 0.717) is 12.1 Å². The van der Waals surface area contributed by atoms with Crippen LogP contribution in [0.1, 0.15) is 56.7 Å². The van der Waals surface area contributed by atoms with Gasteiger partial charge in [-0.05, 0) is 56.2 Å². The number of nitrogens with one attached hydrogen (secondary N) is 1. The molecule has 21 heavy (non-hydrogen) atoms. The minimum absolute atomic E-state index is 0.489. The molecular formula is C19H30N2. The normalized spacial score (nSPS) is 26.0. The van der Waals surface area contributed by atoms with Crippen LogP contribution in [0, 0.1) is 5.92 Å². The molecular weight excluding hydrogens is 256 g/mol. The Morgan fingerprint density at radius 3 is 2.62 bits per heavy atom. The molecule has 1 saturated carbocycles. The highest BCUT2D eigenvalue weighted by Gasteiger charge is 2.38. The van der Waals surface area contributed by atoms with E-state index in [0.717, 1.165) is 12.0 Å². The maximum absolute atomic E-state index is 3.64. The molecule has 0 heterocycles. The van der Waals surface area contributed by atoms with Crippen LogP contribution >= 0.6 is 0 Å². The van der Waals surface area contributed by atoms with Crippen LogP contribution in [0.2, 0.25) is 0 Å². The van der Waals surface area contributed by atoms with Crippen LogP contribution in [0.4, 0.5) is 0 Å². The summed E-state index contributed by atoms with van der Waals surface area (Å²) in [5.41, 5.74) is 3.09. The number of benzene rings is 1. The highest BCUT2D eigenvalue weighted by Crippen LogP contribution is 2.38. The van der Waals surface area contributed by atoms with Crippen molar-refractivity contribution >= 4 is 0 Å². The Morgan fingerprint density at radius 2 is 1.95 bits per heavy atom. The molecule has 0 spiro atoms. The van der Waals surface area contributed by atoms with E-state index in [2.05, 4.69) is 55.4 Å². The first kappa shape index (κ1) is 15.1. The lowest BCUT2D eigenvalue weighted by Gasteiger charge is -2.38. The number of aryl methyl sites for hydroxylation is 1. The van der Waals surface area contributed by atoms with Gasteiger partial charge in [-0.2, -0.15) is 0 Å². The van der Waals surface area contributed by atoms with Gasteiger partial charge in [0.1, 0.15) is 0 Å². The van der Waals surface area contributed by atoms with E-state index < -0.39 is 0 Å². The summed E-state index contributed by atoms with van der Waals surface area (Å²) in [6, 6.07) is 11.1. The van der Waals surface area contributed by atoms with Crippen molar-refractivity contribution in [2.75, 3.05) is 13.6 Å². The SMILES string of the molecule is CNC1c2ccccc2CCCC1N(CC(C)C)C1CC1. The third-order valence-corrected chi connectivity index (χ3v) is 5.05. The van der Waals surface area contributed by atoms with E-state index in [-0.39, 0.29) is 0 Å². The van der Waals surface area contributed by atoms with Crippen LogP contribution in [0.15, 0.2) is 24.3 Å². The van der Waals surface area contributed by atoms with Gasteiger partial charge >= 0.3 is 0 Å². The Labute approximate surface area is 129 Å². The first-order valence-electron chi connectivity index (χ1n) is 8.71. The molecule has 0 radical (unpaired) electrons. The predicted molar refractivity (Wildman–Crippen MR) is 89.5 cm³/mol. The molecule has 0 saturated heterocycles. The average molecular weight is 286 g/mol. The highest BCUT2D eigenvalue weighted by molar-refractivity contribution is 5.32. The molecule has 1 aromatic carbocycles. The molecule has 0 bridgehead atoms. The van der Waals surface area contributed by atoms with E-state index in [1.165, 1.54) is 44.2 Å². The second kappa shape index (κ2) is 6.50. The topological polar surface area (TPSA) is 15.3 Å². The molecule has 0 aromatic heterocycles. The lowest BCUT2D eigenvalue weighted by Crippen LogP contribution is -2.46. The second-order valence-corrected chi connectivity index (χ2v) is 7.25. The summed E-state index contributed by atoms with van der Waals surface area (Å²) >= 11 is 0. The molecule has 2 unspecified atom stereocenters. The number of hydrogen-bond donors (Lipinski definition) is 1. The van der Waals surface area contributed by atoms with Crippen molar-refractivity contribution in [3.05, 3.63) is 35.4 Å². The van der Waals surface area contributed by atoms with Crippen molar-refractivity contribution in [3.63, 3.8) is 0 Å². The van der Waals surface area contributed by atoms with Gasteiger partial charge in [0.2, 0.25) is 0 Å². The van der Waals surface area contributed by atoms with Gasteiger partial charge in [-0.15, -0.1) is 0 Å². The van der Waals surface area contributed by atoms with E-state index >= 15 is 0 Å². The molecule has 2 nitrogen and oxygen atoms in total. The van der Waals surface area contributed by atoms with Gasteiger partial charge in [-0.1, -0.05) is 38.1 Å². The van der Waals surface area contributed by atoms with Crippen molar-refractivity contribution in [2.45, 2.75) is 64.1 Å².